The molecule has 15 heavy (non-hydrogen) atoms. The molecule has 82 valence electrons. The molecular formula is C11H16N2O2. The Balaban J connectivity index is 2.29. The number of nitrogens with one attached hydrogen (secondary N) is 1. The number of hydrogen-bond donors (Lipinski definition) is 2. The Hall–Kier alpha value is -1.39. The summed E-state index contributed by atoms with van der Waals surface area (Å²) in [7, 11) is 1.48. The largest absolute Gasteiger partial charge is 0.366 e. The van der Waals surface area contributed by atoms with Crippen LogP contribution < -0.4 is 11.1 Å². The summed E-state index contributed by atoms with van der Waals surface area (Å²) in [4.78, 5) is 11.3. The first-order valence-corrected chi connectivity index (χ1v) is 4.81. The van der Waals surface area contributed by atoms with E-state index in [9.17, 15) is 4.79 Å². The highest BCUT2D eigenvalue weighted by molar-refractivity contribution is 5.76. The second-order valence-corrected chi connectivity index (χ2v) is 3.24. The maximum absolute atomic E-state index is 11.3. The Labute approximate surface area is 89.4 Å². The minimum Gasteiger partial charge on any atom is -0.366 e. The molecule has 0 aliphatic carbocycles. The Morgan fingerprint density at radius 1 is 1.47 bits per heavy atom. The van der Waals surface area contributed by atoms with Gasteiger partial charge in [-0.3, -0.25) is 4.79 Å². The molecule has 1 amide bonds. The monoisotopic (exact) mass is 208 g/mol. The molecule has 3 N–H and O–H groups in total. The van der Waals surface area contributed by atoms with Crippen molar-refractivity contribution in [3.8, 4) is 0 Å². The molecule has 4 heteroatoms. The molecule has 0 heterocycles. The van der Waals surface area contributed by atoms with Crippen LogP contribution in [0.1, 0.15) is 12.0 Å². The van der Waals surface area contributed by atoms with Crippen molar-refractivity contribution in [1.29, 1.82) is 0 Å². The highest BCUT2D eigenvalue weighted by atomic mass is 16.5. The van der Waals surface area contributed by atoms with Gasteiger partial charge in [-0.15, -0.1) is 0 Å². The molecule has 1 atom stereocenters. The van der Waals surface area contributed by atoms with Crippen molar-refractivity contribution in [1.82, 2.24) is 5.32 Å². The van der Waals surface area contributed by atoms with Crippen LogP contribution in [0.25, 0.3) is 0 Å². The summed E-state index contributed by atoms with van der Waals surface area (Å²) in [5, 5.41) is 2.77. The summed E-state index contributed by atoms with van der Waals surface area (Å²) in [5.74, 6) is -0.104. The van der Waals surface area contributed by atoms with Crippen LogP contribution in [0.2, 0.25) is 0 Å². The van der Waals surface area contributed by atoms with Crippen molar-refractivity contribution in [2.75, 3.05) is 7.11 Å². The number of benzene rings is 1. The van der Waals surface area contributed by atoms with E-state index >= 15 is 0 Å². The molecule has 0 aliphatic heterocycles. The lowest BCUT2D eigenvalue weighted by Gasteiger charge is -2.09. The number of hydrogen-bond acceptors (Lipinski definition) is 3. The summed E-state index contributed by atoms with van der Waals surface area (Å²) >= 11 is 0. The fraction of sp³-hybridized carbons (Fsp3) is 0.364. The standard InChI is InChI=1S/C11H16N2O2/c1-15-10(12)7-11(14)13-8-9-5-3-2-4-6-9/h2-6,10H,7-8,12H2,1H3,(H,13,14). The zero-order valence-corrected chi connectivity index (χ0v) is 8.77. The molecule has 1 unspecified atom stereocenters. The summed E-state index contributed by atoms with van der Waals surface area (Å²) in [5.41, 5.74) is 6.53. The number of ether oxygens (including phenoxy) is 1. The van der Waals surface area contributed by atoms with Gasteiger partial charge in [0.05, 0.1) is 6.42 Å². The molecule has 1 aromatic carbocycles. The molecular weight excluding hydrogens is 192 g/mol. The Morgan fingerprint density at radius 2 is 2.13 bits per heavy atom. The fourth-order valence-electron chi connectivity index (χ4n) is 1.13. The van der Waals surface area contributed by atoms with E-state index in [0.29, 0.717) is 6.54 Å². The summed E-state index contributed by atoms with van der Waals surface area (Å²) < 4.78 is 4.79. The molecule has 4 nitrogen and oxygen atoms in total. The SMILES string of the molecule is COC(N)CC(=O)NCc1ccccc1. The van der Waals surface area contributed by atoms with Crippen molar-refractivity contribution in [2.24, 2.45) is 5.73 Å². The van der Waals surface area contributed by atoms with E-state index in [1.165, 1.54) is 7.11 Å². The second kappa shape index (κ2) is 6.16. The van der Waals surface area contributed by atoms with E-state index in [4.69, 9.17) is 10.5 Å². The van der Waals surface area contributed by atoms with Gasteiger partial charge in [-0.2, -0.15) is 0 Å². The number of amides is 1. The van der Waals surface area contributed by atoms with Crippen LogP contribution in [-0.2, 0) is 16.1 Å². The predicted molar refractivity (Wildman–Crippen MR) is 57.9 cm³/mol. The van der Waals surface area contributed by atoms with E-state index in [1.807, 2.05) is 30.3 Å². The van der Waals surface area contributed by atoms with E-state index in [-0.39, 0.29) is 12.3 Å². The van der Waals surface area contributed by atoms with Gasteiger partial charge in [-0.05, 0) is 5.56 Å². The molecule has 0 radical (unpaired) electrons. The summed E-state index contributed by atoms with van der Waals surface area (Å²) in [6.45, 7) is 0.524. The Kier molecular flexibility index (Phi) is 4.80. The van der Waals surface area contributed by atoms with Crippen LogP contribution in [0.3, 0.4) is 0 Å². The third-order valence-corrected chi connectivity index (χ3v) is 2.02. The van der Waals surface area contributed by atoms with Crippen molar-refractivity contribution >= 4 is 5.91 Å². The van der Waals surface area contributed by atoms with E-state index in [0.717, 1.165) is 5.56 Å². The zero-order valence-electron chi connectivity index (χ0n) is 8.77. The molecule has 0 saturated heterocycles. The minimum atomic E-state index is -0.527. The quantitative estimate of drug-likeness (QED) is 0.697. The van der Waals surface area contributed by atoms with Gasteiger partial charge in [0.2, 0.25) is 5.91 Å². The van der Waals surface area contributed by atoms with Gasteiger partial charge >= 0.3 is 0 Å². The normalized spacial score (nSPS) is 12.1. The van der Waals surface area contributed by atoms with E-state index < -0.39 is 6.23 Å². The van der Waals surface area contributed by atoms with Crippen LogP contribution in [0, 0.1) is 0 Å². The van der Waals surface area contributed by atoms with Crippen molar-refractivity contribution in [2.45, 2.75) is 19.2 Å². The molecule has 0 saturated carbocycles. The smallest absolute Gasteiger partial charge is 0.224 e. The van der Waals surface area contributed by atoms with Crippen LogP contribution in [0.15, 0.2) is 30.3 Å². The van der Waals surface area contributed by atoms with Crippen molar-refractivity contribution < 1.29 is 9.53 Å². The summed E-state index contributed by atoms with van der Waals surface area (Å²) in [6, 6.07) is 9.71. The predicted octanol–water partition coefficient (Wildman–Crippen LogP) is 0.624. The molecule has 1 aromatic rings. The highest BCUT2D eigenvalue weighted by Gasteiger charge is 2.07. The third-order valence-electron chi connectivity index (χ3n) is 2.02. The lowest BCUT2D eigenvalue weighted by atomic mass is 10.2. The first-order valence-electron chi connectivity index (χ1n) is 4.81. The molecule has 0 fully saturated rings. The van der Waals surface area contributed by atoms with Crippen LogP contribution >= 0.6 is 0 Å². The van der Waals surface area contributed by atoms with Gasteiger partial charge in [0.1, 0.15) is 6.23 Å². The molecule has 0 spiro atoms. The van der Waals surface area contributed by atoms with Gasteiger partial charge in [-0.25, -0.2) is 0 Å². The van der Waals surface area contributed by atoms with Gasteiger partial charge in [0.15, 0.2) is 0 Å². The lowest BCUT2D eigenvalue weighted by molar-refractivity contribution is -0.123. The molecule has 1 rings (SSSR count). The first-order chi connectivity index (χ1) is 7.22. The maximum Gasteiger partial charge on any atom is 0.224 e. The Bertz CT molecular complexity index is 301. The fourth-order valence-corrected chi connectivity index (χ4v) is 1.13. The third kappa shape index (κ3) is 4.58. The van der Waals surface area contributed by atoms with Crippen LogP contribution in [0.5, 0.6) is 0 Å². The topological polar surface area (TPSA) is 64.3 Å². The van der Waals surface area contributed by atoms with Gasteiger partial charge in [0.25, 0.3) is 0 Å². The molecule has 0 aliphatic rings. The van der Waals surface area contributed by atoms with Crippen LogP contribution in [-0.4, -0.2) is 19.2 Å². The average molecular weight is 208 g/mol. The molecule has 0 aromatic heterocycles. The van der Waals surface area contributed by atoms with Gasteiger partial charge in [-0.1, -0.05) is 30.3 Å². The highest BCUT2D eigenvalue weighted by Crippen LogP contribution is 1.97. The maximum atomic E-state index is 11.3. The lowest BCUT2D eigenvalue weighted by Crippen LogP contribution is -2.32. The van der Waals surface area contributed by atoms with E-state index in [1.54, 1.807) is 0 Å². The number of methoxy groups -OCH3 is 1. The number of carbonyl (C=O) groups excluding carboxylic acids is 1. The van der Waals surface area contributed by atoms with E-state index in [2.05, 4.69) is 5.32 Å². The second-order valence-electron chi connectivity index (χ2n) is 3.24. The minimum absolute atomic E-state index is 0.104. The molecule has 0 bridgehead atoms. The van der Waals surface area contributed by atoms with Gasteiger partial charge in [0, 0.05) is 13.7 Å². The zero-order chi connectivity index (χ0) is 11.1. The first kappa shape index (κ1) is 11.7. The van der Waals surface area contributed by atoms with Crippen molar-refractivity contribution in [3.63, 3.8) is 0 Å². The average Bonchev–Trinajstić information content (AvgIpc) is 2.27. The van der Waals surface area contributed by atoms with Crippen molar-refractivity contribution in [3.05, 3.63) is 35.9 Å². The van der Waals surface area contributed by atoms with Crippen LogP contribution in [0.4, 0.5) is 0 Å². The summed E-state index contributed by atoms with van der Waals surface area (Å²) in [6.07, 6.45) is -0.343. The Morgan fingerprint density at radius 3 is 2.73 bits per heavy atom. The van der Waals surface area contributed by atoms with Gasteiger partial charge < -0.3 is 15.8 Å². The number of rotatable bonds is 5. The number of nitrogens with two attached hydrogens (primary N) is 1. The number of carbonyl (C=O) groups is 1.